The summed E-state index contributed by atoms with van der Waals surface area (Å²) < 4.78 is 28.2. The molecule has 2 aromatic rings. The van der Waals surface area contributed by atoms with Gasteiger partial charge in [0.15, 0.2) is 0 Å². The number of furan rings is 1. The third kappa shape index (κ3) is 3.97. The van der Waals surface area contributed by atoms with Gasteiger partial charge >= 0.3 is 5.97 Å². The number of hydrogen-bond acceptors (Lipinski definition) is 5. The van der Waals surface area contributed by atoms with Crippen molar-refractivity contribution in [2.75, 3.05) is 19.5 Å². The van der Waals surface area contributed by atoms with E-state index in [2.05, 4.69) is 10.1 Å². The summed E-state index contributed by atoms with van der Waals surface area (Å²) in [6.07, 6.45) is 4.13. The Hall–Kier alpha value is -3.09. The number of esters is 1. The molecule has 1 N–H and O–H groups in total. The molecule has 1 aromatic carbocycles. The SMILES string of the molecule is COC(=O)c1cc(F)cc(OC)c1NC(=O)C=Cc1ccco1. The number of halogens is 1. The van der Waals surface area contributed by atoms with Crippen molar-refractivity contribution in [3.63, 3.8) is 0 Å². The Bertz CT molecular complexity index is 737. The number of nitrogens with one attached hydrogen (secondary N) is 1. The van der Waals surface area contributed by atoms with Gasteiger partial charge in [-0.05, 0) is 24.3 Å². The zero-order valence-corrected chi connectivity index (χ0v) is 12.5. The fraction of sp³-hybridized carbons (Fsp3) is 0.125. The predicted octanol–water partition coefficient (Wildman–Crippen LogP) is 2.87. The Kier molecular flexibility index (Phi) is 5.14. The van der Waals surface area contributed by atoms with E-state index in [4.69, 9.17) is 9.15 Å². The first-order valence-electron chi connectivity index (χ1n) is 6.53. The van der Waals surface area contributed by atoms with Crippen molar-refractivity contribution in [2.24, 2.45) is 0 Å². The third-order valence-electron chi connectivity index (χ3n) is 2.88. The number of methoxy groups -OCH3 is 2. The van der Waals surface area contributed by atoms with E-state index in [0.29, 0.717) is 5.76 Å². The molecule has 7 heteroatoms. The fourth-order valence-corrected chi connectivity index (χ4v) is 1.85. The Morgan fingerprint density at radius 1 is 1.30 bits per heavy atom. The third-order valence-corrected chi connectivity index (χ3v) is 2.88. The molecule has 1 aromatic heterocycles. The topological polar surface area (TPSA) is 77.8 Å². The molecule has 0 saturated carbocycles. The van der Waals surface area contributed by atoms with Gasteiger partial charge in [0.1, 0.15) is 17.3 Å². The minimum Gasteiger partial charge on any atom is -0.494 e. The van der Waals surface area contributed by atoms with Gasteiger partial charge < -0.3 is 19.2 Å². The van der Waals surface area contributed by atoms with Crippen molar-refractivity contribution in [3.05, 3.63) is 53.7 Å². The highest BCUT2D eigenvalue weighted by Crippen LogP contribution is 2.30. The standard InChI is InChI=1S/C16H14FNO5/c1-21-13-9-10(17)8-12(16(20)22-2)15(13)18-14(19)6-5-11-4-3-7-23-11/h3-9H,1-2H3,(H,18,19). The second kappa shape index (κ2) is 7.26. The number of amides is 1. The maximum atomic E-state index is 13.5. The summed E-state index contributed by atoms with van der Waals surface area (Å²) >= 11 is 0. The second-order valence-electron chi connectivity index (χ2n) is 4.36. The molecule has 2 rings (SSSR count). The lowest BCUT2D eigenvalue weighted by atomic mass is 10.1. The van der Waals surface area contributed by atoms with Crippen LogP contribution in [-0.4, -0.2) is 26.1 Å². The summed E-state index contributed by atoms with van der Waals surface area (Å²) in [6.45, 7) is 0. The van der Waals surface area contributed by atoms with Crippen molar-refractivity contribution in [1.29, 1.82) is 0 Å². The molecular weight excluding hydrogens is 305 g/mol. The molecule has 0 radical (unpaired) electrons. The first-order valence-corrected chi connectivity index (χ1v) is 6.53. The molecule has 0 aliphatic rings. The van der Waals surface area contributed by atoms with Crippen LogP contribution in [0.3, 0.4) is 0 Å². The minimum absolute atomic E-state index is 0.00477. The average molecular weight is 319 g/mol. The van der Waals surface area contributed by atoms with E-state index in [9.17, 15) is 14.0 Å². The molecule has 23 heavy (non-hydrogen) atoms. The predicted molar refractivity (Wildman–Crippen MR) is 80.7 cm³/mol. The molecule has 0 fully saturated rings. The number of carbonyl (C=O) groups is 2. The van der Waals surface area contributed by atoms with E-state index < -0.39 is 17.7 Å². The number of ether oxygens (including phenoxy) is 2. The first-order chi connectivity index (χ1) is 11.0. The lowest BCUT2D eigenvalue weighted by Crippen LogP contribution is -2.14. The molecule has 0 atom stereocenters. The lowest BCUT2D eigenvalue weighted by Gasteiger charge is -2.13. The van der Waals surface area contributed by atoms with Gasteiger partial charge in [-0.25, -0.2) is 9.18 Å². The van der Waals surface area contributed by atoms with Crippen LogP contribution in [0, 0.1) is 5.82 Å². The van der Waals surface area contributed by atoms with Crippen molar-refractivity contribution in [2.45, 2.75) is 0 Å². The van der Waals surface area contributed by atoms with E-state index in [1.807, 2.05) is 0 Å². The Morgan fingerprint density at radius 3 is 2.70 bits per heavy atom. The van der Waals surface area contributed by atoms with Gasteiger partial charge in [-0.3, -0.25) is 4.79 Å². The monoisotopic (exact) mass is 319 g/mol. The van der Waals surface area contributed by atoms with Crippen molar-refractivity contribution in [1.82, 2.24) is 0 Å². The maximum Gasteiger partial charge on any atom is 0.340 e. The van der Waals surface area contributed by atoms with Crippen LogP contribution in [0.2, 0.25) is 0 Å². The van der Waals surface area contributed by atoms with Gasteiger partial charge in [0, 0.05) is 12.1 Å². The highest BCUT2D eigenvalue weighted by molar-refractivity contribution is 6.07. The van der Waals surface area contributed by atoms with Crippen LogP contribution in [-0.2, 0) is 9.53 Å². The molecule has 6 nitrogen and oxygen atoms in total. The molecule has 1 heterocycles. The molecule has 120 valence electrons. The van der Waals surface area contributed by atoms with Gasteiger partial charge in [-0.1, -0.05) is 0 Å². The van der Waals surface area contributed by atoms with E-state index in [0.717, 1.165) is 19.2 Å². The van der Waals surface area contributed by atoms with Crippen LogP contribution in [0.4, 0.5) is 10.1 Å². The number of hydrogen-bond donors (Lipinski definition) is 1. The first kappa shape index (κ1) is 16.3. The zero-order valence-electron chi connectivity index (χ0n) is 12.5. The quantitative estimate of drug-likeness (QED) is 0.677. The number of benzene rings is 1. The summed E-state index contributed by atoms with van der Waals surface area (Å²) in [6, 6.07) is 5.36. The van der Waals surface area contributed by atoms with Crippen molar-refractivity contribution >= 4 is 23.6 Å². The van der Waals surface area contributed by atoms with Gasteiger partial charge in [-0.15, -0.1) is 0 Å². The van der Waals surface area contributed by atoms with Crippen LogP contribution < -0.4 is 10.1 Å². The lowest BCUT2D eigenvalue weighted by molar-refractivity contribution is -0.111. The van der Waals surface area contributed by atoms with Gasteiger partial charge in [0.2, 0.25) is 5.91 Å². The van der Waals surface area contributed by atoms with Crippen LogP contribution >= 0.6 is 0 Å². The average Bonchev–Trinajstić information content (AvgIpc) is 3.06. The summed E-state index contributed by atoms with van der Waals surface area (Å²) in [5.41, 5.74) is -0.126. The number of carbonyl (C=O) groups excluding carboxylic acids is 2. The Balaban J connectivity index is 2.30. The molecule has 0 unspecified atom stereocenters. The largest absolute Gasteiger partial charge is 0.494 e. The van der Waals surface area contributed by atoms with Gasteiger partial charge in [0.05, 0.1) is 31.7 Å². The van der Waals surface area contributed by atoms with Crippen LogP contribution in [0.5, 0.6) is 5.75 Å². The number of anilines is 1. The van der Waals surface area contributed by atoms with E-state index in [1.165, 1.54) is 25.5 Å². The summed E-state index contributed by atoms with van der Waals surface area (Å²) in [4.78, 5) is 23.7. The number of rotatable bonds is 5. The Morgan fingerprint density at radius 2 is 2.09 bits per heavy atom. The summed E-state index contributed by atoms with van der Waals surface area (Å²) in [7, 11) is 2.45. The molecular formula is C16H14FNO5. The van der Waals surface area contributed by atoms with Crippen LogP contribution in [0.25, 0.3) is 6.08 Å². The van der Waals surface area contributed by atoms with Gasteiger partial charge in [-0.2, -0.15) is 0 Å². The molecule has 0 spiro atoms. The van der Waals surface area contributed by atoms with E-state index in [-0.39, 0.29) is 17.0 Å². The van der Waals surface area contributed by atoms with E-state index in [1.54, 1.807) is 12.1 Å². The smallest absolute Gasteiger partial charge is 0.340 e. The molecule has 0 aliphatic carbocycles. The molecule has 0 saturated heterocycles. The fourth-order valence-electron chi connectivity index (χ4n) is 1.85. The van der Waals surface area contributed by atoms with Crippen LogP contribution in [0.1, 0.15) is 16.1 Å². The second-order valence-corrected chi connectivity index (χ2v) is 4.36. The van der Waals surface area contributed by atoms with E-state index >= 15 is 0 Å². The maximum absolute atomic E-state index is 13.5. The van der Waals surface area contributed by atoms with Crippen molar-refractivity contribution in [3.8, 4) is 5.75 Å². The highest BCUT2D eigenvalue weighted by Gasteiger charge is 2.19. The Labute approximate surface area is 131 Å². The molecule has 1 amide bonds. The van der Waals surface area contributed by atoms with Gasteiger partial charge in [0.25, 0.3) is 0 Å². The van der Waals surface area contributed by atoms with Crippen molar-refractivity contribution < 1.29 is 27.9 Å². The molecule has 0 bridgehead atoms. The zero-order chi connectivity index (χ0) is 16.8. The minimum atomic E-state index is -0.798. The molecule has 0 aliphatic heterocycles. The summed E-state index contributed by atoms with van der Waals surface area (Å²) in [5.74, 6) is -1.54. The summed E-state index contributed by atoms with van der Waals surface area (Å²) in [5, 5.41) is 2.48. The normalized spacial score (nSPS) is 10.6. The van der Waals surface area contributed by atoms with Crippen LogP contribution in [0.15, 0.2) is 41.0 Å². The highest BCUT2D eigenvalue weighted by atomic mass is 19.1.